The maximum absolute atomic E-state index is 15.2. The van der Waals surface area contributed by atoms with Gasteiger partial charge in [0.05, 0.1) is 0 Å². The number of rotatable bonds is 5. The molecule has 11 heteroatoms. The number of primary amides is 1. The third kappa shape index (κ3) is 3.52. The summed E-state index contributed by atoms with van der Waals surface area (Å²) in [6.45, 7) is 2.73. The van der Waals surface area contributed by atoms with E-state index in [9.17, 15) is 30.0 Å². The quantitative estimate of drug-likeness (QED) is 0.365. The molecule has 1 aromatic carbocycles. The molecule has 1 saturated carbocycles. The molecule has 3 aliphatic carbocycles. The van der Waals surface area contributed by atoms with Crippen molar-refractivity contribution in [2.45, 2.75) is 38.0 Å². The molecular weight excluding hydrogens is 468 g/mol. The van der Waals surface area contributed by atoms with E-state index in [0.29, 0.717) is 6.54 Å². The van der Waals surface area contributed by atoms with Crippen molar-refractivity contribution in [3.8, 4) is 5.75 Å². The van der Waals surface area contributed by atoms with Gasteiger partial charge in [-0.05, 0) is 0 Å². The molecule has 4 atom stereocenters. The zero-order chi connectivity index (χ0) is 26.9. The molecule has 1 aromatic rings. The van der Waals surface area contributed by atoms with Crippen molar-refractivity contribution in [3.05, 3.63) is 45.5 Å². The van der Waals surface area contributed by atoms with Crippen molar-refractivity contribution in [2.75, 3.05) is 27.7 Å². The number of aromatic hydroxyl groups is 1. The summed E-state index contributed by atoms with van der Waals surface area (Å²) in [6.07, 6.45) is 0.00475. The first-order valence-electron chi connectivity index (χ1n) is 11.7. The van der Waals surface area contributed by atoms with Gasteiger partial charge in [0.1, 0.15) is 0 Å². The van der Waals surface area contributed by atoms with Gasteiger partial charge in [-0.25, -0.2) is 0 Å². The summed E-state index contributed by atoms with van der Waals surface area (Å²) in [6, 6.07) is 0.228. The van der Waals surface area contributed by atoms with Gasteiger partial charge in [0, 0.05) is 0 Å². The van der Waals surface area contributed by atoms with Crippen molar-refractivity contribution < 1.29 is 34.4 Å². The van der Waals surface area contributed by atoms with Crippen molar-refractivity contribution in [3.63, 3.8) is 0 Å². The summed E-state index contributed by atoms with van der Waals surface area (Å²) in [5.41, 5.74) is 1.72. The second-order valence-electron chi connectivity index (χ2n) is 10.1. The molecule has 1 amide bonds. The summed E-state index contributed by atoms with van der Waals surface area (Å²) in [5.74, 6) is -5.91. The third-order valence-electron chi connectivity index (χ3n) is 7.83. The van der Waals surface area contributed by atoms with Crippen molar-refractivity contribution in [2.24, 2.45) is 17.6 Å². The van der Waals surface area contributed by atoms with Crippen LogP contribution in [-0.4, -0.2) is 94.2 Å². The fourth-order valence-corrected chi connectivity index (χ4v) is 5.94. The number of phenols is 1. The number of carbonyl (C=O) groups is 2. The molecule has 9 nitrogen and oxygen atoms in total. The number of nitrogens with zero attached hydrogens (tertiary/aromatic N) is 2. The molecule has 0 saturated heterocycles. The molecule has 1 radical (unpaired) electrons. The van der Waals surface area contributed by atoms with Gasteiger partial charge >= 0.3 is 209 Å². The monoisotopic (exact) mass is 498 g/mol. The summed E-state index contributed by atoms with van der Waals surface area (Å²) >= 11 is 0. The Morgan fingerprint density at radius 2 is 1.92 bits per heavy atom. The molecule has 0 spiro atoms. The third-order valence-corrected chi connectivity index (χ3v) is 7.83. The second kappa shape index (κ2) is 8.83. The number of aliphatic hydroxyl groups is 3. The van der Waals surface area contributed by atoms with Gasteiger partial charge in [-0.2, -0.15) is 0 Å². The van der Waals surface area contributed by atoms with Crippen molar-refractivity contribution >= 4 is 30.4 Å². The molecule has 0 unspecified atom stereocenters. The number of carbonyl (C=O) groups excluding carboxylic acids is 2. The molecular formula is C25H30BFN3O6. The standard InChI is InChI=1S/C25H30BFN3O6/c1-5-30(4)9-11-8-14(27)12-6-10-7-13-18(29(2)3)21(33)17(24(28)35)22(26)25(13,36)23(34)15(10)20(32)16(12)19(11)31/h8,10,13,18,31-33,36H,5-7,9H2,1-4H3,(H2,28,35)/t10-,13-,18-,25+/m0/s1. The van der Waals surface area contributed by atoms with E-state index in [0.717, 1.165) is 0 Å². The number of phenolic OH excluding ortho intramolecular Hbond substituents is 1. The van der Waals surface area contributed by atoms with E-state index >= 15 is 4.39 Å². The second-order valence-corrected chi connectivity index (χ2v) is 10.1. The number of hydrogen-bond acceptors (Lipinski definition) is 8. The Balaban J connectivity index is 1.92. The molecule has 3 aliphatic rings. The molecule has 6 N–H and O–H groups in total. The Hall–Kier alpha value is -3.02. The fourth-order valence-electron chi connectivity index (χ4n) is 5.94. The van der Waals surface area contributed by atoms with E-state index in [-0.39, 0.29) is 47.4 Å². The van der Waals surface area contributed by atoms with Crippen LogP contribution in [0.3, 0.4) is 0 Å². The Morgan fingerprint density at radius 1 is 1.28 bits per heavy atom. The molecule has 36 heavy (non-hydrogen) atoms. The van der Waals surface area contributed by atoms with E-state index in [1.807, 2.05) is 11.8 Å². The molecule has 4 rings (SSSR count). The number of halogens is 1. The Kier molecular flexibility index (Phi) is 6.39. The van der Waals surface area contributed by atoms with Crippen LogP contribution in [0.4, 0.5) is 4.39 Å². The zero-order valence-corrected chi connectivity index (χ0v) is 20.7. The van der Waals surface area contributed by atoms with Gasteiger partial charge in [-0.15, -0.1) is 0 Å². The number of Topliss-reactive ketones (excluding diaryl/α,β-unsaturated/α-hetero) is 1. The van der Waals surface area contributed by atoms with Gasteiger partial charge in [0.25, 0.3) is 0 Å². The predicted octanol–water partition coefficient (Wildman–Crippen LogP) is 0.327. The average molecular weight is 498 g/mol. The fraction of sp³-hybridized carbons (Fsp3) is 0.480. The minimum absolute atomic E-state index is 0.0243. The van der Waals surface area contributed by atoms with E-state index in [2.05, 4.69) is 0 Å². The van der Waals surface area contributed by atoms with Crippen LogP contribution >= 0.6 is 0 Å². The topological polar surface area (TPSA) is 148 Å². The van der Waals surface area contributed by atoms with Crippen molar-refractivity contribution in [1.29, 1.82) is 0 Å². The molecule has 0 bridgehead atoms. The SMILES string of the molecule is [B]=C1C(C(N)=O)=C(O)[C@@H](N(C)C)[C@@H]2C[C@@H]3Cc4c(F)cc(CN(C)CC)c(O)c4C(O)=C3C(=O)[C@]12O. The Morgan fingerprint density at radius 3 is 2.47 bits per heavy atom. The maximum atomic E-state index is 15.2. The first kappa shape index (κ1) is 26.1. The average Bonchev–Trinajstić information content (AvgIpc) is 2.79. The number of likely N-dealkylation sites (N-methyl/N-ethyl adjacent to an activating group) is 1. The zero-order valence-electron chi connectivity index (χ0n) is 20.7. The Labute approximate surface area is 209 Å². The van der Waals surface area contributed by atoms with Crippen LogP contribution in [0, 0.1) is 17.7 Å². The number of amides is 1. The van der Waals surface area contributed by atoms with Gasteiger partial charge in [-0.3, -0.25) is 0 Å². The molecule has 0 aromatic heterocycles. The van der Waals surface area contributed by atoms with Crippen molar-refractivity contribution in [1.82, 2.24) is 9.80 Å². The first-order chi connectivity index (χ1) is 16.8. The van der Waals surface area contributed by atoms with Crippen LogP contribution in [0.15, 0.2) is 23.0 Å². The first-order valence-corrected chi connectivity index (χ1v) is 11.7. The summed E-state index contributed by atoms with van der Waals surface area (Å²) < 4.78 is 15.2. The van der Waals surface area contributed by atoms with Crippen LogP contribution in [0.1, 0.15) is 30.0 Å². The number of hydrogen-bond donors (Lipinski definition) is 5. The van der Waals surface area contributed by atoms with E-state index in [1.54, 1.807) is 21.1 Å². The normalized spacial score (nSPS) is 27.9. The van der Waals surface area contributed by atoms with E-state index in [1.165, 1.54) is 11.0 Å². The van der Waals surface area contributed by atoms with Crippen LogP contribution < -0.4 is 5.73 Å². The summed E-state index contributed by atoms with van der Waals surface area (Å²) in [4.78, 5) is 29.4. The minimum atomic E-state index is -2.46. The molecule has 0 aliphatic heterocycles. The number of benzene rings is 1. The predicted molar refractivity (Wildman–Crippen MR) is 132 cm³/mol. The van der Waals surface area contributed by atoms with Crippen LogP contribution in [0.25, 0.3) is 5.76 Å². The van der Waals surface area contributed by atoms with E-state index in [4.69, 9.17) is 13.2 Å². The summed E-state index contributed by atoms with van der Waals surface area (Å²) in [7, 11) is 11.1. The molecule has 191 valence electrons. The van der Waals surface area contributed by atoms with Gasteiger partial charge in [-0.1, -0.05) is 0 Å². The van der Waals surface area contributed by atoms with E-state index < -0.39 is 63.5 Å². The van der Waals surface area contributed by atoms with Gasteiger partial charge in [0.15, 0.2) is 0 Å². The number of aliphatic hydroxyl groups excluding tert-OH is 2. The van der Waals surface area contributed by atoms with Crippen LogP contribution in [0.5, 0.6) is 5.75 Å². The number of fused-ring (bicyclic) bond motifs is 3. The number of nitrogens with two attached hydrogens (primary N) is 1. The summed E-state index contributed by atoms with van der Waals surface area (Å²) in [5, 5.41) is 44.8. The molecule has 1 fully saturated rings. The van der Waals surface area contributed by atoms with Gasteiger partial charge < -0.3 is 0 Å². The molecule has 0 heterocycles. The van der Waals surface area contributed by atoms with Crippen LogP contribution in [-0.2, 0) is 22.6 Å². The Bertz CT molecular complexity index is 1260. The van der Waals surface area contributed by atoms with Crippen LogP contribution in [0.2, 0.25) is 0 Å². The van der Waals surface area contributed by atoms with Gasteiger partial charge in [0.2, 0.25) is 0 Å². The number of ketones is 1.